The van der Waals surface area contributed by atoms with Crippen molar-refractivity contribution in [1.29, 1.82) is 0 Å². The second-order valence-corrected chi connectivity index (χ2v) is 6.20. The Balaban J connectivity index is 1.67. The largest absolute Gasteiger partial charge is 0.338 e. The van der Waals surface area contributed by atoms with Gasteiger partial charge in [0.25, 0.3) is 0 Å². The molecule has 0 aliphatic rings. The molecule has 0 saturated heterocycles. The number of carbonyl (C=O) groups is 2. The molecule has 0 fully saturated rings. The summed E-state index contributed by atoms with van der Waals surface area (Å²) in [6.45, 7) is -2.81. The molecular weight excluding hydrogens is 352 g/mol. The van der Waals surface area contributed by atoms with E-state index in [1.165, 1.54) is 11.9 Å². The number of halogens is 2. The van der Waals surface area contributed by atoms with Gasteiger partial charge in [-0.05, 0) is 12.1 Å². The molecular formula is C20H19F2N3O2. The molecule has 3 aromatic rings. The lowest BCUT2D eigenvalue weighted by Gasteiger charge is -2.17. The van der Waals surface area contributed by atoms with Crippen molar-refractivity contribution in [3.63, 3.8) is 0 Å². The van der Waals surface area contributed by atoms with E-state index >= 15 is 0 Å². The second kappa shape index (κ2) is 8.07. The lowest BCUT2D eigenvalue weighted by Crippen LogP contribution is -2.28. The normalized spacial score (nSPS) is 11.1. The minimum absolute atomic E-state index is 0.0130. The number of nitrogens with zero attached hydrogens (tertiary/aromatic N) is 3. The molecule has 0 atom stereocenters. The van der Waals surface area contributed by atoms with Crippen LogP contribution in [-0.2, 0) is 11.3 Å². The predicted octanol–water partition coefficient (Wildman–Crippen LogP) is 4.05. The highest BCUT2D eigenvalue weighted by Crippen LogP contribution is 2.23. The predicted molar refractivity (Wildman–Crippen MR) is 97.5 cm³/mol. The number of alkyl halides is 2. The van der Waals surface area contributed by atoms with Gasteiger partial charge in [-0.2, -0.15) is 8.78 Å². The van der Waals surface area contributed by atoms with Crippen molar-refractivity contribution in [1.82, 2.24) is 14.5 Å². The Hall–Kier alpha value is -3.09. The minimum Gasteiger partial charge on any atom is -0.338 e. The third kappa shape index (κ3) is 4.19. The fourth-order valence-electron chi connectivity index (χ4n) is 2.90. The Morgan fingerprint density at radius 1 is 1.04 bits per heavy atom. The third-order valence-corrected chi connectivity index (χ3v) is 4.33. The molecule has 0 saturated carbocycles. The Labute approximate surface area is 155 Å². The van der Waals surface area contributed by atoms with Gasteiger partial charge in [-0.1, -0.05) is 42.5 Å². The van der Waals surface area contributed by atoms with Crippen LogP contribution in [0.2, 0.25) is 0 Å². The number of amides is 1. The van der Waals surface area contributed by atoms with Gasteiger partial charge in [0.2, 0.25) is 5.91 Å². The number of fused-ring (bicyclic) bond motifs is 1. The van der Waals surface area contributed by atoms with Crippen molar-refractivity contribution < 1.29 is 18.4 Å². The van der Waals surface area contributed by atoms with E-state index in [9.17, 15) is 18.4 Å². The van der Waals surface area contributed by atoms with Crippen LogP contribution >= 0.6 is 0 Å². The van der Waals surface area contributed by atoms with Crippen molar-refractivity contribution >= 4 is 22.7 Å². The van der Waals surface area contributed by atoms with E-state index in [2.05, 4.69) is 4.98 Å². The van der Waals surface area contributed by atoms with E-state index in [1.807, 2.05) is 6.07 Å². The van der Waals surface area contributed by atoms with Gasteiger partial charge in [0.1, 0.15) is 5.82 Å². The maximum absolute atomic E-state index is 13.5. The highest BCUT2D eigenvalue weighted by atomic mass is 19.3. The van der Waals surface area contributed by atoms with Crippen LogP contribution in [0.1, 0.15) is 35.6 Å². The molecule has 1 aromatic heterocycles. The van der Waals surface area contributed by atoms with Crippen molar-refractivity contribution in [2.75, 3.05) is 7.05 Å². The standard InChI is InChI=1S/C20H19F2N3O2/c1-24(19(27)12-11-17(26)14-7-3-2-4-8-14)13-18-23-15-9-5-6-10-16(15)25(18)20(21)22/h2-10,20H,11-13H2,1H3. The zero-order chi connectivity index (χ0) is 19.4. The van der Waals surface area contributed by atoms with Gasteiger partial charge < -0.3 is 4.90 Å². The fourth-order valence-corrected chi connectivity index (χ4v) is 2.90. The van der Waals surface area contributed by atoms with Crippen molar-refractivity contribution in [2.24, 2.45) is 0 Å². The smallest absolute Gasteiger partial charge is 0.320 e. The molecule has 0 bridgehead atoms. The monoisotopic (exact) mass is 371 g/mol. The first-order valence-corrected chi connectivity index (χ1v) is 8.53. The van der Waals surface area contributed by atoms with Crippen molar-refractivity contribution in [2.45, 2.75) is 25.9 Å². The maximum Gasteiger partial charge on any atom is 0.320 e. The molecule has 2 aromatic carbocycles. The average molecular weight is 371 g/mol. The number of benzene rings is 2. The molecule has 0 N–H and O–H groups in total. The summed E-state index contributed by atoms with van der Waals surface area (Å²) in [5, 5.41) is 0. The lowest BCUT2D eigenvalue weighted by atomic mass is 10.1. The number of ketones is 1. The van der Waals surface area contributed by atoms with E-state index in [0.717, 1.165) is 4.57 Å². The molecule has 1 amide bonds. The number of carbonyl (C=O) groups excluding carboxylic acids is 2. The van der Waals surface area contributed by atoms with Gasteiger partial charge in [-0.3, -0.25) is 14.2 Å². The number of aromatic nitrogens is 2. The SMILES string of the molecule is CN(Cc1nc2ccccc2n1C(F)F)C(=O)CCC(=O)c1ccccc1. The highest BCUT2D eigenvalue weighted by Gasteiger charge is 2.20. The van der Waals surface area contributed by atoms with Crippen molar-refractivity contribution in [3.05, 3.63) is 66.0 Å². The molecule has 1 heterocycles. The molecule has 3 rings (SSSR count). The van der Waals surface area contributed by atoms with Crippen LogP contribution in [0.5, 0.6) is 0 Å². The highest BCUT2D eigenvalue weighted by molar-refractivity contribution is 5.97. The number of rotatable bonds is 7. The van der Waals surface area contributed by atoms with Gasteiger partial charge in [0, 0.05) is 25.5 Å². The molecule has 140 valence electrons. The topological polar surface area (TPSA) is 55.2 Å². The van der Waals surface area contributed by atoms with Crippen LogP contribution in [0, 0.1) is 0 Å². The van der Waals surface area contributed by atoms with Crippen molar-refractivity contribution in [3.8, 4) is 0 Å². The number of Topliss-reactive ketones (excluding diaryl/α,β-unsaturated/α-hetero) is 1. The Morgan fingerprint density at radius 2 is 1.70 bits per heavy atom. The van der Waals surface area contributed by atoms with E-state index in [1.54, 1.807) is 48.5 Å². The summed E-state index contributed by atoms with van der Waals surface area (Å²) in [6.07, 6.45) is 0.0809. The molecule has 5 nitrogen and oxygen atoms in total. The van der Waals surface area contributed by atoms with Crippen LogP contribution < -0.4 is 0 Å². The molecule has 0 aliphatic heterocycles. The van der Waals surface area contributed by atoms with E-state index < -0.39 is 6.55 Å². The zero-order valence-electron chi connectivity index (χ0n) is 14.8. The number of imidazole rings is 1. The molecule has 0 unspecified atom stereocenters. The minimum atomic E-state index is -2.75. The molecule has 27 heavy (non-hydrogen) atoms. The van der Waals surface area contributed by atoms with E-state index in [-0.39, 0.29) is 36.9 Å². The number of hydrogen-bond acceptors (Lipinski definition) is 3. The van der Waals surface area contributed by atoms with Crippen LogP contribution in [0.3, 0.4) is 0 Å². The van der Waals surface area contributed by atoms with E-state index in [0.29, 0.717) is 16.6 Å². The van der Waals surface area contributed by atoms with Crippen LogP contribution in [-0.4, -0.2) is 33.2 Å². The van der Waals surface area contributed by atoms with Crippen LogP contribution in [0.4, 0.5) is 8.78 Å². The summed E-state index contributed by atoms with van der Waals surface area (Å²) in [6, 6.07) is 15.3. The molecule has 7 heteroatoms. The van der Waals surface area contributed by atoms with Crippen LogP contribution in [0.25, 0.3) is 11.0 Å². The molecule has 0 radical (unpaired) electrons. The second-order valence-electron chi connectivity index (χ2n) is 6.20. The fraction of sp³-hybridized carbons (Fsp3) is 0.250. The molecule has 0 aliphatic carbocycles. The van der Waals surface area contributed by atoms with Crippen LogP contribution in [0.15, 0.2) is 54.6 Å². The number of para-hydroxylation sites is 2. The zero-order valence-corrected chi connectivity index (χ0v) is 14.8. The Bertz CT molecular complexity index is 954. The third-order valence-electron chi connectivity index (χ3n) is 4.33. The average Bonchev–Trinajstić information content (AvgIpc) is 3.04. The van der Waals surface area contributed by atoms with Gasteiger partial charge in [-0.15, -0.1) is 0 Å². The maximum atomic E-state index is 13.5. The first-order chi connectivity index (χ1) is 13.0. The Kier molecular flexibility index (Phi) is 5.59. The first-order valence-electron chi connectivity index (χ1n) is 8.53. The van der Waals surface area contributed by atoms with Gasteiger partial charge in [0.15, 0.2) is 5.78 Å². The van der Waals surface area contributed by atoms with Gasteiger partial charge in [0.05, 0.1) is 17.6 Å². The lowest BCUT2D eigenvalue weighted by molar-refractivity contribution is -0.130. The summed E-state index contributed by atoms with van der Waals surface area (Å²) < 4.78 is 27.7. The van der Waals surface area contributed by atoms with E-state index in [4.69, 9.17) is 0 Å². The molecule has 0 spiro atoms. The first kappa shape index (κ1) is 18.7. The summed E-state index contributed by atoms with van der Waals surface area (Å²) in [4.78, 5) is 30.0. The van der Waals surface area contributed by atoms with Gasteiger partial charge >= 0.3 is 6.55 Å². The summed E-state index contributed by atoms with van der Waals surface area (Å²) in [5.41, 5.74) is 1.32. The summed E-state index contributed by atoms with van der Waals surface area (Å²) in [7, 11) is 1.52. The number of hydrogen-bond donors (Lipinski definition) is 0. The summed E-state index contributed by atoms with van der Waals surface area (Å²) in [5.74, 6) is -0.319. The Morgan fingerprint density at radius 3 is 2.41 bits per heavy atom. The van der Waals surface area contributed by atoms with Gasteiger partial charge in [-0.25, -0.2) is 4.98 Å². The quantitative estimate of drug-likeness (QED) is 0.589. The summed E-state index contributed by atoms with van der Waals surface area (Å²) >= 11 is 0.